The molecule has 0 radical (unpaired) electrons. The Balaban J connectivity index is 2.27. The van der Waals surface area contributed by atoms with Crippen molar-refractivity contribution in [1.29, 1.82) is 0 Å². The number of carbonyl (C=O) groups is 1. The van der Waals surface area contributed by atoms with E-state index in [9.17, 15) is 9.90 Å². The highest BCUT2D eigenvalue weighted by Crippen LogP contribution is 2.45. The summed E-state index contributed by atoms with van der Waals surface area (Å²) in [5, 5.41) is 10.4. The Morgan fingerprint density at radius 3 is 2.89 bits per heavy atom. The van der Waals surface area contributed by atoms with Gasteiger partial charge in [0.1, 0.15) is 5.75 Å². The average Bonchev–Trinajstić information content (AvgIpc) is 2.49. The predicted octanol–water partition coefficient (Wildman–Crippen LogP) is 2.25. The Morgan fingerprint density at radius 2 is 2.17 bits per heavy atom. The molecule has 1 aliphatic heterocycles. The van der Waals surface area contributed by atoms with Crippen LogP contribution in [0.5, 0.6) is 5.75 Å². The minimum absolute atomic E-state index is 0.551. The number of aliphatic hydroxyl groups is 1. The van der Waals surface area contributed by atoms with E-state index in [1.807, 2.05) is 6.07 Å². The molecule has 1 aromatic carbocycles. The van der Waals surface area contributed by atoms with E-state index in [0.717, 1.165) is 18.4 Å². The van der Waals surface area contributed by atoms with E-state index in [0.29, 0.717) is 17.2 Å². The molecule has 0 bridgehead atoms. The molecule has 3 nitrogen and oxygen atoms in total. The lowest BCUT2D eigenvalue weighted by atomic mass is 9.77. The minimum atomic E-state index is -1.48. The molecule has 2 atom stereocenters. The maximum atomic E-state index is 11.8. The van der Waals surface area contributed by atoms with Gasteiger partial charge in [0.15, 0.2) is 5.60 Å². The number of rotatable bonds is 0. The van der Waals surface area contributed by atoms with Crippen molar-refractivity contribution in [2.75, 3.05) is 0 Å². The number of ether oxygens (including phenoxy) is 1. The highest BCUT2D eigenvalue weighted by Gasteiger charge is 2.46. The van der Waals surface area contributed by atoms with Crippen LogP contribution >= 0.6 is 0 Å². The van der Waals surface area contributed by atoms with Gasteiger partial charge >= 0.3 is 5.97 Å². The van der Waals surface area contributed by atoms with Crippen LogP contribution in [0.4, 0.5) is 0 Å². The molecule has 0 spiro atoms. The lowest BCUT2D eigenvalue weighted by Gasteiger charge is -2.27. The van der Waals surface area contributed by atoms with Gasteiger partial charge in [-0.1, -0.05) is 6.92 Å². The van der Waals surface area contributed by atoms with Crippen LogP contribution in [0.2, 0.25) is 0 Å². The summed E-state index contributed by atoms with van der Waals surface area (Å²) in [5.74, 6) is 0.591. The zero-order valence-electron chi connectivity index (χ0n) is 11.0. The number of esters is 1. The summed E-state index contributed by atoms with van der Waals surface area (Å²) in [5.41, 5.74) is 2.83. The minimum Gasteiger partial charge on any atom is -0.424 e. The Hall–Kier alpha value is -1.35. The molecule has 1 aliphatic carbocycles. The van der Waals surface area contributed by atoms with Crippen LogP contribution in [0.15, 0.2) is 6.07 Å². The molecule has 3 rings (SSSR count). The van der Waals surface area contributed by atoms with Crippen LogP contribution in [-0.4, -0.2) is 11.1 Å². The molecule has 0 aromatic heterocycles. The van der Waals surface area contributed by atoms with E-state index in [2.05, 4.69) is 13.8 Å². The summed E-state index contributed by atoms with van der Waals surface area (Å²) in [6, 6.07) is 1.89. The molecule has 1 heterocycles. The fourth-order valence-corrected chi connectivity index (χ4v) is 3.22. The van der Waals surface area contributed by atoms with E-state index in [-0.39, 0.29) is 0 Å². The Bertz CT molecular complexity index is 543. The Morgan fingerprint density at radius 1 is 1.44 bits per heavy atom. The molecule has 3 heteroatoms. The molecule has 0 amide bonds. The second-order valence-electron chi connectivity index (χ2n) is 5.83. The summed E-state index contributed by atoms with van der Waals surface area (Å²) in [6.45, 7) is 5.80. The first-order valence-electron chi connectivity index (χ1n) is 6.51. The van der Waals surface area contributed by atoms with E-state index in [1.165, 1.54) is 24.5 Å². The van der Waals surface area contributed by atoms with Crippen molar-refractivity contribution in [2.24, 2.45) is 5.92 Å². The topological polar surface area (TPSA) is 46.5 Å². The third-order valence-electron chi connectivity index (χ3n) is 4.26. The van der Waals surface area contributed by atoms with E-state index in [4.69, 9.17) is 4.74 Å². The molecule has 0 saturated heterocycles. The number of hydrogen-bond donors (Lipinski definition) is 1. The first-order chi connectivity index (χ1) is 8.41. The SMILES string of the molecule is Cc1cc2c(c3c1CCC(C)C3)[C@](C)(O)C(=O)O2. The summed E-state index contributed by atoms with van der Waals surface area (Å²) in [4.78, 5) is 11.8. The van der Waals surface area contributed by atoms with Gasteiger partial charge in [0, 0.05) is 5.56 Å². The van der Waals surface area contributed by atoms with Gasteiger partial charge in [-0.05, 0) is 61.8 Å². The van der Waals surface area contributed by atoms with Crippen molar-refractivity contribution < 1.29 is 14.6 Å². The van der Waals surface area contributed by atoms with Crippen molar-refractivity contribution in [3.63, 3.8) is 0 Å². The highest BCUT2D eigenvalue weighted by molar-refractivity contribution is 5.89. The molecule has 1 N–H and O–H groups in total. The second-order valence-corrected chi connectivity index (χ2v) is 5.83. The molecule has 96 valence electrons. The Kier molecular flexibility index (Phi) is 2.33. The normalized spacial score (nSPS) is 29.8. The molecule has 2 aliphatic rings. The fourth-order valence-electron chi connectivity index (χ4n) is 3.22. The van der Waals surface area contributed by atoms with Crippen LogP contribution in [0.3, 0.4) is 0 Å². The highest BCUT2D eigenvalue weighted by atomic mass is 16.6. The quantitative estimate of drug-likeness (QED) is 0.564. The smallest absolute Gasteiger partial charge is 0.348 e. The van der Waals surface area contributed by atoms with Crippen molar-refractivity contribution in [1.82, 2.24) is 0 Å². The lowest BCUT2D eigenvalue weighted by molar-refractivity contribution is -0.150. The van der Waals surface area contributed by atoms with E-state index >= 15 is 0 Å². The number of aryl methyl sites for hydroxylation is 1. The number of hydrogen-bond acceptors (Lipinski definition) is 3. The van der Waals surface area contributed by atoms with Gasteiger partial charge in [-0.2, -0.15) is 0 Å². The summed E-state index contributed by atoms with van der Waals surface area (Å²) in [7, 11) is 0. The van der Waals surface area contributed by atoms with Crippen molar-refractivity contribution in [3.05, 3.63) is 28.3 Å². The van der Waals surface area contributed by atoms with Crippen molar-refractivity contribution in [2.45, 2.75) is 45.6 Å². The molecular weight excluding hydrogens is 228 g/mol. The van der Waals surface area contributed by atoms with Crippen molar-refractivity contribution >= 4 is 5.97 Å². The fraction of sp³-hybridized carbons (Fsp3) is 0.533. The van der Waals surface area contributed by atoms with Gasteiger partial charge in [0.25, 0.3) is 0 Å². The monoisotopic (exact) mass is 246 g/mol. The first kappa shape index (κ1) is 11.7. The van der Waals surface area contributed by atoms with Gasteiger partial charge in [-0.25, -0.2) is 4.79 Å². The largest absolute Gasteiger partial charge is 0.424 e. The van der Waals surface area contributed by atoms with Crippen LogP contribution in [0.1, 0.15) is 42.5 Å². The average molecular weight is 246 g/mol. The maximum Gasteiger partial charge on any atom is 0.348 e. The van der Waals surface area contributed by atoms with E-state index < -0.39 is 11.6 Å². The first-order valence-corrected chi connectivity index (χ1v) is 6.51. The maximum absolute atomic E-state index is 11.8. The zero-order chi connectivity index (χ0) is 13.1. The molecule has 0 saturated carbocycles. The molecule has 0 fully saturated rings. The van der Waals surface area contributed by atoms with Gasteiger partial charge in [0.2, 0.25) is 0 Å². The van der Waals surface area contributed by atoms with Crippen LogP contribution < -0.4 is 4.74 Å². The van der Waals surface area contributed by atoms with Gasteiger partial charge in [-0.15, -0.1) is 0 Å². The lowest BCUT2D eigenvalue weighted by Crippen LogP contribution is -2.31. The predicted molar refractivity (Wildman–Crippen MR) is 67.6 cm³/mol. The van der Waals surface area contributed by atoms with Gasteiger partial charge in [0.05, 0.1) is 0 Å². The van der Waals surface area contributed by atoms with Crippen molar-refractivity contribution in [3.8, 4) is 5.75 Å². The van der Waals surface area contributed by atoms with Gasteiger partial charge in [-0.3, -0.25) is 0 Å². The Labute approximate surface area is 107 Å². The van der Waals surface area contributed by atoms with Crippen LogP contribution in [-0.2, 0) is 23.2 Å². The van der Waals surface area contributed by atoms with Crippen LogP contribution in [0, 0.1) is 12.8 Å². The summed E-state index contributed by atoms with van der Waals surface area (Å²) >= 11 is 0. The van der Waals surface area contributed by atoms with Crippen LogP contribution in [0.25, 0.3) is 0 Å². The van der Waals surface area contributed by atoms with E-state index in [1.54, 1.807) is 0 Å². The molecular formula is C15H18O3. The standard InChI is InChI=1S/C15H18O3/c1-8-4-5-10-9(2)7-12-13(11(10)6-8)15(3,17)14(16)18-12/h7-8,17H,4-6H2,1-3H3/t8?,15-/m0/s1. The number of fused-ring (bicyclic) bond motifs is 3. The third kappa shape index (κ3) is 1.43. The number of benzene rings is 1. The zero-order valence-corrected chi connectivity index (χ0v) is 11.0. The van der Waals surface area contributed by atoms with Gasteiger partial charge < -0.3 is 9.84 Å². The number of carbonyl (C=O) groups excluding carboxylic acids is 1. The molecule has 18 heavy (non-hydrogen) atoms. The summed E-state index contributed by atoms with van der Waals surface area (Å²) < 4.78 is 5.22. The second kappa shape index (κ2) is 3.58. The molecule has 1 aromatic rings. The summed E-state index contributed by atoms with van der Waals surface area (Å²) in [6.07, 6.45) is 3.12. The molecule has 1 unspecified atom stereocenters. The third-order valence-corrected chi connectivity index (χ3v) is 4.26.